The van der Waals surface area contributed by atoms with Gasteiger partial charge in [0.15, 0.2) is 0 Å². The van der Waals surface area contributed by atoms with E-state index >= 15 is 0 Å². The lowest BCUT2D eigenvalue weighted by Gasteiger charge is -2.14. The van der Waals surface area contributed by atoms with Crippen molar-refractivity contribution in [3.05, 3.63) is 95.5 Å². The third-order valence-electron chi connectivity index (χ3n) is 4.07. The van der Waals surface area contributed by atoms with Crippen molar-refractivity contribution in [2.75, 3.05) is 0 Å². The van der Waals surface area contributed by atoms with E-state index in [-0.39, 0.29) is 0 Å². The van der Waals surface area contributed by atoms with Gasteiger partial charge in [0.2, 0.25) is 0 Å². The molecule has 2 aromatic heterocycles. The lowest BCUT2D eigenvalue weighted by atomic mass is 10.1. The topological polar surface area (TPSA) is 35.0 Å². The molecule has 2 heterocycles. The first-order chi connectivity index (χ1) is 13.2. The Labute approximate surface area is 167 Å². The summed E-state index contributed by atoms with van der Waals surface area (Å²) < 4.78 is 6.29. The maximum atomic E-state index is 6.29. The van der Waals surface area contributed by atoms with Crippen LogP contribution in [0.4, 0.5) is 0 Å². The van der Waals surface area contributed by atoms with E-state index in [0.717, 1.165) is 33.8 Å². The second-order valence-electron chi connectivity index (χ2n) is 5.83. The van der Waals surface area contributed by atoms with Crippen LogP contribution in [0.15, 0.2) is 85.2 Å². The number of para-hydroxylation sites is 2. The number of hydrogen-bond acceptors (Lipinski definition) is 3. The van der Waals surface area contributed by atoms with Crippen LogP contribution in [0.5, 0.6) is 11.5 Å². The highest BCUT2D eigenvalue weighted by Gasteiger charge is 2.11. The molecule has 27 heavy (non-hydrogen) atoms. The molecule has 0 amide bonds. The zero-order valence-corrected chi connectivity index (χ0v) is 15.7. The Hall–Kier alpha value is -2.88. The van der Waals surface area contributed by atoms with Gasteiger partial charge in [-0.2, -0.15) is 0 Å². The summed E-state index contributed by atoms with van der Waals surface area (Å²) >= 11 is 11.8. The molecule has 3 nitrogen and oxygen atoms in total. The zero-order valence-electron chi connectivity index (χ0n) is 14.1. The minimum atomic E-state index is 0.456. The molecule has 0 atom stereocenters. The predicted molar refractivity (Wildman–Crippen MR) is 109 cm³/mol. The largest absolute Gasteiger partial charge is 0.456 e. The van der Waals surface area contributed by atoms with Crippen LogP contribution in [-0.4, -0.2) is 9.97 Å². The van der Waals surface area contributed by atoms with Crippen molar-refractivity contribution in [1.29, 1.82) is 0 Å². The second-order valence-corrected chi connectivity index (χ2v) is 6.61. The summed E-state index contributed by atoms with van der Waals surface area (Å²) in [5.74, 6) is 1.46. The third-order valence-corrected chi connectivity index (χ3v) is 4.52. The molecule has 0 fully saturated rings. The highest BCUT2D eigenvalue weighted by atomic mass is 35.5. The van der Waals surface area contributed by atoms with Crippen molar-refractivity contribution < 1.29 is 4.74 Å². The molecule has 0 unspecified atom stereocenters. The minimum absolute atomic E-state index is 0.456. The number of pyridine rings is 2. The smallest absolute Gasteiger partial charge is 0.135 e. The Morgan fingerprint density at radius 2 is 1.00 bits per heavy atom. The molecule has 5 heteroatoms. The monoisotopic (exact) mass is 392 g/mol. The summed E-state index contributed by atoms with van der Waals surface area (Å²) in [6, 6.07) is 23.0. The summed E-state index contributed by atoms with van der Waals surface area (Å²) in [6.07, 6.45) is 3.47. The van der Waals surface area contributed by atoms with E-state index in [2.05, 4.69) is 9.97 Å². The van der Waals surface area contributed by atoms with Crippen LogP contribution < -0.4 is 4.74 Å². The molecule has 0 radical (unpaired) electrons. The van der Waals surface area contributed by atoms with Gasteiger partial charge in [-0.15, -0.1) is 0 Å². The maximum absolute atomic E-state index is 6.29. The van der Waals surface area contributed by atoms with Crippen LogP contribution >= 0.6 is 23.2 Å². The van der Waals surface area contributed by atoms with E-state index in [9.17, 15) is 0 Å². The third kappa shape index (κ3) is 3.95. The van der Waals surface area contributed by atoms with Crippen LogP contribution in [0.3, 0.4) is 0 Å². The van der Waals surface area contributed by atoms with E-state index in [1.807, 2.05) is 60.7 Å². The van der Waals surface area contributed by atoms with Crippen molar-refractivity contribution in [3.63, 3.8) is 0 Å². The maximum Gasteiger partial charge on any atom is 0.135 e. The molecule has 4 rings (SSSR count). The average Bonchev–Trinajstić information content (AvgIpc) is 2.70. The van der Waals surface area contributed by atoms with Crippen LogP contribution in [0.25, 0.3) is 22.3 Å². The fraction of sp³-hybridized carbons (Fsp3) is 0. The molecule has 0 spiro atoms. The van der Waals surface area contributed by atoms with Gasteiger partial charge in [-0.25, -0.2) is 9.97 Å². The molecule has 2 aromatic carbocycles. The summed E-state index contributed by atoms with van der Waals surface area (Å²) in [4.78, 5) is 8.33. The average molecular weight is 393 g/mol. The van der Waals surface area contributed by atoms with E-state index in [1.165, 1.54) is 0 Å². The molecule has 0 aliphatic heterocycles. The molecule has 0 bridgehead atoms. The van der Waals surface area contributed by atoms with Crippen molar-refractivity contribution in [3.8, 4) is 33.8 Å². The number of halogens is 2. The Balaban J connectivity index is 1.74. The van der Waals surface area contributed by atoms with Crippen molar-refractivity contribution in [2.45, 2.75) is 0 Å². The van der Waals surface area contributed by atoms with E-state index in [0.29, 0.717) is 10.3 Å². The molecule has 0 aliphatic rings. The number of hydrogen-bond donors (Lipinski definition) is 0. The molecule has 0 saturated carbocycles. The van der Waals surface area contributed by atoms with Crippen LogP contribution in [0.2, 0.25) is 10.3 Å². The Morgan fingerprint density at radius 1 is 0.556 bits per heavy atom. The van der Waals surface area contributed by atoms with Gasteiger partial charge in [0.25, 0.3) is 0 Å². The SMILES string of the molecule is Clc1ccc(-c2ccccc2Oc2ccccc2-c2ccc(Cl)nc2)cn1. The zero-order chi connectivity index (χ0) is 18.6. The van der Waals surface area contributed by atoms with Gasteiger partial charge in [0, 0.05) is 34.6 Å². The first kappa shape index (κ1) is 17.5. The van der Waals surface area contributed by atoms with Crippen molar-refractivity contribution in [1.82, 2.24) is 9.97 Å². The highest BCUT2D eigenvalue weighted by molar-refractivity contribution is 6.29. The Kier molecular flexibility index (Phi) is 5.05. The van der Waals surface area contributed by atoms with Crippen LogP contribution in [-0.2, 0) is 0 Å². The molecule has 4 aromatic rings. The standard InChI is InChI=1S/C22H14Cl2N2O/c23-21-11-9-15(13-25-21)17-5-1-3-7-19(17)27-20-8-4-2-6-18(20)16-10-12-22(24)26-14-16/h1-14H. The minimum Gasteiger partial charge on any atom is -0.456 e. The normalized spacial score (nSPS) is 10.6. The fourth-order valence-electron chi connectivity index (χ4n) is 2.78. The number of ether oxygens (including phenoxy) is 1. The molecular weight excluding hydrogens is 379 g/mol. The molecule has 0 N–H and O–H groups in total. The molecular formula is C22H14Cl2N2O. The number of benzene rings is 2. The van der Waals surface area contributed by atoms with E-state index < -0.39 is 0 Å². The van der Waals surface area contributed by atoms with Gasteiger partial charge in [0.05, 0.1) is 0 Å². The summed E-state index contributed by atoms with van der Waals surface area (Å²) in [7, 11) is 0. The second kappa shape index (κ2) is 7.78. The number of aromatic nitrogens is 2. The number of rotatable bonds is 4. The fourth-order valence-corrected chi connectivity index (χ4v) is 3.00. The molecule has 132 valence electrons. The lowest BCUT2D eigenvalue weighted by molar-refractivity contribution is 0.486. The van der Waals surface area contributed by atoms with Gasteiger partial charge in [-0.05, 0) is 36.4 Å². The molecule has 0 saturated heterocycles. The summed E-state index contributed by atoms with van der Waals surface area (Å²) in [5, 5.41) is 0.912. The Bertz CT molecular complexity index is 977. The van der Waals surface area contributed by atoms with Crippen molar-refractivity contribution in [2.24, 2.45) is 0 Å². The molecule has 0 aliphatic carbocycles. The van der Waals surface area contributed by atoms with Gasteiger partial charge in [0.1, 0.15) is 21.8 Å². The predicted octanol–water partition coefficient (Wildman–Crippen LogP) is 6.91. The highest BCUT2D eigenvalue weighted by Crippen LogP contribution is 2.37. The quantitative estimate of drug-likeness (QED) is 0.354. The van der Waals surface area contributed by atoms with Gasteiger partial charge >= 0.3 is 0 Å². The first-order valence-corrected chi connectivity index (χ1v) is 9.06. The first-order valence-electron chi connectivity index (χ1n) is 8.30. The Morgan fingerprint density at radius 3 is 1.41 bits per heavy atom. The lowest BCUT2D eigenvalue weighted by Crippen LogP contribution is -1.91. The van der Waals surface area contributed by atoms with Gasteiger partial charge in [-0.3, -0.25) is 0 Å². The van der Waals surface area contributed by atoms with Gasteiger partial charge in [-0.1, -0.05) is 59.6 Å². The summed E-state index contributed by atoms with van der Waals surface area (Å²) in [5.41, 5.74) is 3.73. The van der Waals surface area contributed by atoms with E-state index in [4.69, 9.17) is 27.9 Å². The van der Waals surface area contributed by atoms with E-state index in [1.54, 1.807) is 24.5 Å². The van der Waals surface area contributed by atoms with Gasteiger partial charge < -0.3 is 4.74 Å². The van der Waals surface area contributed by atoms with Crippen LogP contribution in [0, 0.1) is 0 Å². The summed E-state index contributed by atoms with van der Waals surface area (Å²) in [6.45, 7) is 0. The van der Waals surface area contributed by atoms with Crippen molar-refractivity contribution >= 4 is 23.2 Å². The van der Waals surface area contributed by atoms with Crippen LogP contribution in [0.1, 0.15) is 0 Å². The number of nitrogens with zero attached hydrogens (tertiary/aromatic N) is 2.